The van der Waals surface area contributed by atoms with Crippen LogP contribution in [-0.2, 0) is 13.0 Å². The van der Waals surface area contributed by atoms with Crippen LogP contribution in [0.3, 0.4) is 0 Å². The van der Waals surface area contributed by atoms with E-state index < -0.39 is 0 Å². The summed E-state index contributed by atoms with van der Waals surface area (Å²) in [6, 6.07) is 3.89. The Morgan fingerprint density at radius 2 is 2.28 bits per heavy atom. The minimum atomic E-state index is 0.700. The number of fused-ring (bicyclic) bond motifs is 5. The molecule has 0 radical (unpaired) electrons. The molecule has 126 valence electrons. The highest BCUT2D eigenvalue weighted by Gasteiger charge is 2.24. The van der Waals surface area contributed by atoms with Crippen molar-refractivity contribution in [1.29, 1.82) is 0 Å². The summed E-state index contributed by atoms with van der Waals surface area (Å²) in [7, 11) is 0. The summed E-state index contributed by atoms with van der Waals surface area (Å²) in [6.07, 6.45) is 7.59. The quantitative estimate of drug-likeness (QED) is 0.568. The smallest absolute Gasteiger partial charge is 0.183 e. The molecule has 0 fully saturated rings. The molecular weight excluding hydrogens is 332 g/mol. The molecule has 0 bridgehead atoms. The van der Waals surface area contributed by atoms with Crippen LogP contribution in [-0.4, -0.2) is 42.6 Å². The van der Waals surface area contributed by atoms with Gasteiger partial charge in [0.1, 0.15) is 11.2 Å². The van der Waals surface area contributed by atoms with Crippen molar-refractivity contribution in [2.24, 2.45) is 0 Å². The summed E-state index contributed by atoms with van der Waals surface area (Å²) in [4.78, 5) is 18.6. The van der Waals surface area contributed by atoms with Crippen LogP contribution in [0.15, 0.2) is 30.9 Å². The van der Waals surface area contributed by atoms with Gasteiger partial charge in [0.2, 0.25) is 0 Å². The number of thiophene rings is 1. The number of aromatic nitrogens is 5. The molecule has 5 rings (SSSR count). The number of hydrogen-bond acceptors (Lipinski definition) is 6. The molecule has 1 aliphatic heterocycles. The Balaban J connectivity index is 1.67. The summed E-state index contributed by atoms with van der Waals surface area (Å²) in [5.74, 6) is 0.700. The molecule has 0 saturated carbocycles. The lowest BCUT2D eigenvalue weighted by Crippen LogP contribution is -2.30. The predicted molar refractivity (Wildman–Crippen MR) is 98.7 cm³/mol. The van der Waals surface area contributed by atoms with Gasteiger partial charge in [-0.15, -0.1) is 16.4 Å². The Kier molecular flexibility index (Phi) is 3.50. The minimum absolute atomic E-state index is 0.700. The fourth-order valence-electron chi connectivity index (χ4n) is 3.57. The van der Waals surface area contributed by atoms with Crippen LogP contribution in [0.25, 0.3) is 27.3 Å². The number of hydrogen-bond donors (Lipinski definition) is 0. The second-order valence-corrected chi connectivity index (χ2v) is 7.48. The highest BCUT2D eigenvalue weighted by molar-refractivity contribution is 7.19. The average molecular weight is 350 g/mol. The van der Waals surface area contributed by atoms with Gasteiger partial charge < -0.3 is 0 Å². The highest BCUT2D eigenvalue weighted by Crippen LogP contribution is 2.36. The van der Waals surface area contributed by atoms with E-state index in [4.69, 9.17) is 4.98 Å². The lowest BCUT2D eigenvalue weighted by molar-refractivity contribution is 0.258. The largest absolute Gasteiger partial charge is 0.298 e. The molecule has 4 aromatic rings. The summed E-state index contributed by atoms with van der Waals surface area (Å²) in [6.45, 7) is 5.53. The standard InChI is InChI=1S/C18H18N6S/c1-2-7-23-8-5-13-14(10-23)25-18-15(13)17-21-16(22-24(17)11-20-18)12-4-3-6-19-9-12/h3-4,6,9,11H,2,5,7-8,10H2,1H3. The molecule has 0 aromatic carbocycles. The fourth-order valence-corrected chi connectivity index (χ4v) is 4.79. The van der Waals surface area contributed by atoms with Crippen molar-refractivity contribution >= 4 is 27.2 Å². The molecule has 1 aliphatic rings. The van der Waals surface area contributed by atoms with Crippen molar-refractivity contribution in [1.82, 2.24) is 29.5 Å². The van der Waals surface area contributed by atoms with Gasteiger partial charge in [-0.05, 0) is 37.1 Å². The topological polar surface area (TPSA) is 59.2 Å². The van der Waals surface area contributed by atoms with E-state index >= 15 is 0 Å². The van der Waals surface area contributed by atoms with Crippen LogP contribution in [0.5, 0.6) is 0 Å². The van der Waals surface area contributed by atoms with Crippen molar-refractivity contribution in [3.63, 3.8) is 0 Å². The first kappa shape index (κ1) is 14.9. The molecule has 25 heavy (non-hydrogen) atoms. The van der Waals surface area contributed by atoms with Crippen molar-refractivity contribution in [2.45, 2.75) is 26.3 Å². The van der Waals surface area contributed by atoms with E-state index in [1.807, 2.05) is 12.1 Å². The molecule has 0 saturated heterocycles. The van der Waals surface area contributed by atoms with Crippen LogP contribution in [0.4, 0.5) is 0 Å². The number of rotatable bonds is 3. The van der Waals surface area contributed by atoms with Crippen molar-refractivity contribution in [3.05, 3.63) is 41.3 Å². The lowest BCUT2D eigenvalue weighted by Gasteiger charge is -2.26. The highest BCUT2D eigenvalue weighted by atomic mass is 32.1. The van der Waals surface area contributed by atoms with Crippen LogP contribution in [0, 0.1) is 0 Å². The Labute approximate surface area is 149 Å². The monoisotopic (exact) mass is 350 g/mol. The molecule has 4 aromatic heterocycles. The van der Waals surface area contributed by atoms with Crippen molar-refractivity contribution < 1.29 is 0 Å². The molecule has 0 aliphatic carbocycles. The van der Waals surface area contributed by atoms with Gasteiger partial charge in [-0.1, -0.05) is 6.92 Å². The summed E-state index contributed by atoms with van der Waals surface area (Å²) in [5, 5.41) is 5.79. The number of pyridine rings is 1. The zero-order valence-electron chi connectivity index (χ0n) is 14.0. The Morgan fingerprint density at radius 1 is 1.32 bits per heavy atom. The summed E-state index contributed by atoms with van der Waals surface area (Å²) >= 11 is 1.80. The molecule has 0 N–H and O–H groups in total. The maximum atomic E-state index is 4.81. The van der Waals surface area contributed by atoms with E-state index in [2.05, 4.69) is 26.9 Å². The van der Waals surface area contributed by atoms with E-state index in [0.717, 1.165) is 42.1 Å². The van der Waals surface area contributed by atoms with Gasteiger partial charge in [0.25, 0.3) is 0 Å². The Hall–Kier alpha value is -2.38. The molecule has 7 heteroatoms. The Morgan fingerprint density at radius 3 is 3.12 bits per heavy atom. The molecule has 0 atom stereocenters. The molecule has 5 heterocycles. The normalized spacial score (nSPS) is 15.1. The first-order valence-corrected chi connectivity index (χ1v) is 9.43. The zero-order valence-corrected chi connectivity index (χ0v) is 14.8. The van der Waals surface area contributed by atoms with Crippen LogP contribution >= 0.6 is 11.3 Å². The van der Waals surface area contributed by atoms with Crippen molar-refractivity contribution in [2.75, 3.05) is 13.1 Å². The summed E-state index contributed by atoms with van der Waals surface area (Å²) in [5.41, 5.74) is 3.25. The first-order valence-electron chi connectivity index (χ1n) is 8.62. The first-order chi connectivity index (χ1) is 12.3. The van der Waals surface area contributed by atoms with E-state index in [1.54, 1.807) is 34.6 Å². The van der Waals surface area contributed by atoms with E-state index in [1.165, 1.54) is 22.2 Å². The molecule has 0 amide bonds. The van der Waals surface area contributed by atoms with Gasteiger partial charge in [-0.3, -0.25) is 9.88 Å². The van der Waals surface area contributed by atoms with E-state index in [-0.39, 0.29) is 0 Å². The Bertz CT molecular complexity index is 1050. The lowest BCUT2D eigenvalue weighted by atomic mass is 10.1. The third kappa shape index (κ3) is 2.42. The maximum absolute atomic E-state index is 4.81. The van der Waals surface area contributed by atoms with E-state index in [0.29, 0.717) is 5.82 Å². The molecule has 0 spiro atoms. The molecule has 0 unspecified atom stereocenters. The van der Waals surface area contributed by atoms with Gasteiger partial charge in [0.05, 0.1) is 5.39 Å². The predicted octanol–water partition coefficient (Wildman–Crippen LogP) is 3.17. The molecule has 6 nitrogen and oxygen atoms in total. The van der Waals surface area contributed by atoms with Crippen LogP contribution in [0.2, 0.25) is 0 Å². The fraction of sp³-hybridized carbons (Fsp3) is 0.333. The number of nitrogens with zero attached hydrogens (tertiary/aromatic N) is 6. The second kappa shape index (κ2) is 5.86. The second-order valence-electron chi connectivity index (χ2n) is 6.40. The zero-order chi connectivity index (χ0) is 16.8. The van der Waals surface area contributed by atoms with Crippen LogP contribution < -0.4 is 0 Å². The van der Waals surface area contributed by atoms with E-state index in [9.17, 15) is 0 Å². The third-order valence-corrected chi connectivity index (χ3v) is 5.84. The van der Waals surface area contributed by atoms with Crippen LogP contribution in [0.1, 0.15) is 23.8 Å². The SMILES string of the molecule is CCCN1CCc2c(sc3ncn4nc(-c5cccnc5)nc4c23)C1. The summed E-state index contributed by atoms with van der Waals surface area (Å²) < 4.78 is 1.80. The van der Waals surface area contributed by atoms with Gasteiger partial charge >= 0.3 is 0 Å². The molecular formula is C18H18N6S. The van der Waals surface area contributed by atoms with Crippen molar-refractivity contribution in [3.8, 4) is 11.4 Å². The minimum Gasteiger partial charge on any atom is -0.298 e. The van der Waals surface area contributed by atoms with Gasteiger partial charge in [0, 0.05) is 35.9 Å². The third-order valence-electron chi connectivity index (χ3n) is 4.72. The average Bonchev–Trinajstić information content (AvgIpc) is 3.23. The maximum Gasteiger partial charge on any atom is 0.183 e. The van der Waals surface area contributed by atoms with Gasteiger partial charge in [0.15, 0.2) is 11.5 Å². The van der Waals surface area contributed by atoms with Gasteiger partial charge in [-0.25, -0.2) is 14.5 Å². The van der Waals surface area contributed by atoms with Gasteiger partial charge in [-0.2, -0.15) is 0 Å².